The summed E-state index contributed by atoms with van der Waals surface area (Å²) in [7, 11) is 0. The maximum absolute atomic E-state index is 14.4. The first-order valence-electron chi connectivity index (χ1n) is 11.5. The van der Waals surface area contributed by atoms with Gasteiger partial charge in [-0.05, 0) is 47.9 Å². The molecule has 3 nitrogen and oxygen atoms in total. The van der Waals surface area contributed by atoms with Crippen molar-refractivity contribution in [2.24, 2.45) is 5.10 Å². The first kappa shape index (κ1) is 20.9. The van der Waals surface area contributed by atoms with E-state index in [1.54, 1.807) is 0 Å². The molecule has 0 N–H and O–H groups in total. The molecule has 0 saturated carbocycles. The highest BCUT2D eigenvalue weighted by Crippen LogP contribution is 2.51. The molecule has 1 spiro atoms. The van der Waals surface area contributed by atoms with Crippen LogP contribution in [0.5, 0.6) is 0 Å². The molecule has 1 heterocycles. The van der Waals surface area contributed by atoms with Crippen molar-refractivity contribution in [1.82, 2.24) is 0 Å². The van der Waals surface area contributed by atoms with Gasteiger partial charge in [0.05, 0.1) is 17.3 Å². The molecule has 34 heavy (non-hydrogen) atoms. The lowest BCUT2D eigenvalue weighted by Crippen LogP contribution is -2.53. The number of anilines is 1. The summed E-state index contributed by atoms with van der Waals surface area (Å²) in [6.45, 7) is 2.06. The van der Waals surface area contributed by atoms with E-state index in [-0.39, 0.29) is 11.7 Å². The Kier molecular flexibility index (Phi) is 4.89. The van der Waals surface area contributed by atoms with Gasteiger partial charge in [0.1, 0.15) is 5.54 Å². The van der Waals surface area contributed by atoms with E-state index < -0.39 is 5.54 Å². The molecule has 0 unspecified atom stereocenters. The van der Waals surface area contributed by atoms with Crippen molar-refractivity contribution in [1.29, 1.82) is 0 Å². The van der Waals surface area contributed by atoms with Crippen LogP contribution in [0, 0.1) is 6.92 Å². The monoisotopic (exact) mass is 462 g/mol. The smallest absolute Gasteiger partial charge is 0.192 e. The Morgan fingerprint density at radius 1 is 0.853 bits per heavy atom. The van der Waals surface area contributed by atoms with E-state index >= 15 is 0 Å². The first-order valence-corrected chi connectivity index (χ1v) is 11.8. The number of benzene rings is 4. The number of hydrogen-bond donors (Lipinski definition) is 0. The summed E-state index contributed by atoms with van der Waals surface area (Å²) in [5, 5.41) is 7.86. The molecule has 2 atom stereocenters. The highest BCUT2D eigenvalue weighted by molar-refractivity contribution is 6.30. The molecule has 4 aromatic rings. The predicted molar refractivity (Wildman–Crippen MR) is 138 cm³/mol. The summed E-state index contributed by atoms with van der Waals surface area (Å²) >= 11 is 6.26. The van der Waals surface area contributed by atoms with Gasteiger partial charge in [-0.2, -0.15) is 5.10 Å². The van der Waals surface area contributed by atoms with Crippen LogP contribution in [0.25, 0.3) is 0 Å². The van der Waals surface area contributed by atoms with E-state index in [1.807, 2.05) is 65.7 Å². The van der Waals surface area contributed by atoms with Crippen molar-refractivity contribution in [3.05, 3.63) is 136 Å². The van der Waals surface area contributed by atoms with Gasteiger partial charge in [-0.1, -0.05) is 96.0 Å². The Balaban J connectivity index is 1.63. The fourth-order valence-electron chi connectivity index (χ4n) is 5.40. The molecular formula is C30H23ClN2O. The molecule has 1 aliphatic heterocycles. The SMILES string of the molecule is Cc1ccc(N2N=C(c3ccccc3)[C@@H](c3ccc(Cl)cc3)[C@@]23Cc2ccccc2C3=O)cc1. The first-order chi connectivity index (χ1) is 16.6. The van der Waals surface area contributed by atoms with Crippen molar-refractivity contribution in [2.75, 3.05) is 5.01 Å². The molecule has 0 amide bonds. The Hall–Kier alpha value is -3.69. The zero-order chi connectivity index (χ0) is 23.3. The number of ketones is 1. The van der Waals surface area contributed by atoms with Crippen LogP contribution < -0.4 is 5.01 Å². The molecule has 0 fully saturated rings. The van der Waals surface area contributed by atoms with Gasteiger partial charge in [0.2, 0.25) is 0 Å². The zero-order valence-corrected chi connectivity index (χ0v) is 19.5. The van der Waals surface area contributed by atoms with Gasteiger partial charge in [-0.15, -0.1) is 0 Å². The van der Waals surface area contributed by atoms with Crippen LogP contribution in [0.1, 0.15) is 38.5 Å². The van der Waals surface area contributed by atoms with Crippen LogP contribution in [0.4, 0.5) is 5.69 Å². The van der Waals surface area contributed by atoms with Crippen molar-refractivity contribution >= 4 is 28.8 Å². The Bertz CT molecular complexity index is 1410. The number of hydrazone groups is 1. The number of rotatable bonds is 3. The summed E-state index contributed by atoms with van der Waals surface area (Å²) in [5.74, 6) is -0.147. The lowest BCUT2D eigenvalue weighted by molar-refractivity contribution is 0.0899. The topological polar surface area (TPSA) is 32.7 Å². The van der Waals surface area contributed by atoms with E-state index in [9.17, 15) is 4.79 Å². The van der Waals surface area contributed by atoms with Crippen LogP contribution in [0.2, 0.25) is 5.02 Å². The second-order valence-electron chi connectivity index (χ2n) is 9.07. The molecule has 1 aliphatic carbocycles. The average molecular weight is 463 g/mol. The van der Waals surface area contributed by atoms with Gasteiger partial charge in [0.15, 0.2) is 5.78 Å². The van der Waals surface area contributed by atoms with E-state index in [0.717, 1.165) is 33.7 Å². The normalized spacial score (nSPS) is 21.1. The summed E-state index contributed by atoms with van der Waals surface area (Å²) in [5.41, 5.74) is 5.97. The van der Waals surface area contributed by atoms with Gasteiger partial charge in [0, 0.05) is 17.0 Å². The van der Waals surface area contributed by atoms with Crippen LogP contribution in [0.3, 0.4) is 0 Å². The van der Waals surface area contributed by atoms with Crippen molar-refractivity contribution in [2.45, 2.75) is 24.8 Å². The maximum atomic E-state index is 14.4. The summed E-state index contributed by atoms with van der Waals surface area (Å²) in [6.07, 6.45) is 0.586. The fraction of sp³-hybridized carbons (Fsp3) is 0.133. The van der Waals surface area contributed by atoms with Crippen LogP contribution >= 0.6 is 11.6 Å². The number of hydrogen-bond acceptors (Lipinski definition) is 3. The lowest BCUT2D eigenvalue weighted by atomic mass is 9.72. The van der Waals surface area contributed by atoms with Gasteiger partial charge in [0.25, 0.3) is 0 Å². The number of carbonyl (C=O) groups excluding carboxylic acids is 1. The van der Waals surface area contributed by atoms with Crippen molar-refractivity contribution in [3.63, 3.8) is 0 Å². The minimum Gasteiger partial charge on any atom is -0.291 e. The van der Waals surface area contributed by atoms with E-state index in [2.05, 4.69) is 49.4 Å². The lowest BCUT2D eigenvalue weighted by Gasteiger charge is -2.37. The molecule has 0 bridgehead atoms. The molecule has 0 aromatic heterocycles. The van der Waals surface area contributed by atoms with Crippen LogP contribution in [-0.4, -0.2) is 17.0 Å². The van der Waals surface area contributed by atoms with E-state index in [0.29, 0.717) is 11.4 Å². The Morgan fingerprint density at radius 3 is 2.24 bits per heavy atom. The predicted octanol–water partition coefficient (Wildman–Crippen LogP) is 6.83. The molecule has 6 rings (SSSR count). The van der Waals surface area contributed by atoms with Gasteiger partial charge >= 0.3 is 0 Å². The Morgan fingerprint density at radius 2 is 1.53 bits per heavy atom. The van der Waals surface area contributed by atoms with Gasteiger partial charge in [-0.3, -0.25) is 4.79 Å². The van der Waals surface area contributed by atoms with Gasteiger partial charge < -0.3 is 0 Å². The third-order valence-electron chi connectivity index (χ3n) is 7.00. The summed E-state index contributed by atoms with van der Waals surface area (Å²) in [4.78, 5) is 14.4. The van der Waals surface area contributed by atoms with Gasteiger partial charge in [-0.25, -0.2) is 5.01 Å². The number of carbonyl (C=O) groups is 1. The van der Waals surface area contributed by atoms with E-state index in [4.69, 9.17) is 16.7 Å². The minimum absolute atomic E-state index is 0.110. The quantitative estimate of drug-likeness (QED) is 0.334. The molecule has 4 aromatic carbocycles. The highest BCUT2D eigenvalue weighted by Gasteiger charge is 2.61. The number of fused-ring (bicyclic) bond motifs is 1. The maximum Gasteiger partial charge on any atom is 0.192 e. The standard InChI is InChI=1S/C30H23ClN2O/c1-20-11-17-25(18-12-20)33-30(19-23-9-5-6-10-26(23)29(30)34)27(21-13-15-24(31)16-14-21)28(32-33)22-7-3-2-4-8-22/h2-18,27H,19H2,1H3/t27-,30-/m1/s1. The molecule has 166 valence electrons. The number of halogens is 1. The molecule has 2 aliphatic rings. The number of nitrogens with zero attached hydrogens (tertiary/aromatic N) is 2. The highest BCUT2D eigenvalue weighted by atomic mass is 35.5. The molecule has 0 radical (unpaired) electrons. The molecule has 0 saturated heterocycles. The number of aryl methyl sites for hydroxylation is 1. The van der Waals surface area contributed by atoms with Crippen molar-refractivity contribution < 1.29 is 4.79 Å². The third-order valence-corrected chi connectivity index (χ3v) is 7.26. The largest absolute Gasteiger partial charge is 0.291 e. The number of Topliss-reactive ketones (excluding diaryl/α,β-unsaturated/α-hetero) is 1. The van der Waals surface area contributed by atoms with E-state index in [1.165, 1.54) is 5.56 Å². The van der Waals surface area contributed by atoms with Crippen LogP contribution in [0.15, 0.2) is 108 Å². The average Bonchev–Trinajstić information content (AvgIpc) is 3.36. The van der Waals surface area contributed by atoms with Crippen LogP contribution in [-0.2, 0) is 6.42 Å². The molecule has 4 heteroatoms. The fourth-order valence-corrected chi connectivity index (χ4v) is 5.53. The summed E-state index contributed by atoms with van der Waals surface area (Å²) < 4.78 is 0. The third kappa shape index (κ3) is 3.12. The zero-order valence-electron chi connectivity index (χ0n) is 18.8. The molecular weight excluding hydrogens is 440 g/mol. The summed E-state index contributed by atoms with van der Waals surface area (Å²) in [6, 6.07) is 34.2. The van der Waals surface area contributed by atoms with Crippen molar-refractivity contribution in [3.8, 4) is 0 Å². The Labute approximate surface area is 204 Å². The minimum atomic E-state index is -0.891. The second kappa shape index (κ2) is 7.96. The second-order valence-corrected chi connectivity index (χ2v) is 9.51.